The van der Waals surface area contributed by atoms with Crippen LogP contribution in [0, 0.1) is 0 Å². The highest BCUT2D eigenvalue weighted by molar-refractivity contribution is 6.30. The van der Waals surface area contributed by atoms with Crippen molar-refractivity contribution in [3.05, 3.63) is 34.9 Å². The van der Waals surface area contributed by atoms with Gasteiger partial charge in [0.2, 0.25) is 0 Å². The minimum atomic E-state index is 0.191. The lowest BCUT2D eigenvalue weighted by molar-refractivity contribution is 0.249. The first-order valence-corrected chi connectivity index (χ1v) is 5.59. The second-order valence-electron chi connectivity index (χ2n) is 4.15. The van der Waals surface area contributed by atoms with E-state index in [2.05, 4.69) is 24.9 Å². The van der Waals surface area contributed by atoms with Crippen LogP contribution < -0.4 is 5.73 Å². The van der Waals surface area contributed by atoms with Gasteiger partial charge in [0.05, 0.1) is 0 Å². The summed E-state index contributed by atoms with van der Waals surface area (Å²) in [5, 5.41) is 0.786. The maximum atomic E-state index is 5.96. The molecule has 0 saturated heterocycles. The van der Waals surface area contributed by atoms with E-state index in [1.807, 2.05) is 25.1 Å². The average Bonchev–Trinajstić information content (AvgIpc) is 2.15. The molecular formula is C12H19ClN2. The SMILES string of the molecule is CC(N)CN(C)C(C)c1cccc(Cl)c1. The Morgan fingerprint density at radius 1 is 1.40 bits per heavy atom. The van der Waals surface area contributed by atoms with Crippen LogP contribution in [0.25, 0.3) is 0 Å². The van der Waals surface area contributed by atoms with Crippen molar-refractivity contribution in [2.24, 2.45) is 5.73 Å². The highest BCUT2D eigenvalue weighted by Gasteiger charge is 2.12. The Kier molecular flexibility index (Phi) is 4.58. The number of likely N-dealkylation sites (N-methyl/N-ethyl adjacent to an activating group) is 1. The van der Waals surface area contributed by atoms with Crippen molar-refractivity contribution in [2.75, 3.05) is 13.6 Å². The minimum absolute atomic E-state index is 0.191. The van der Waals surface area contributed by atoms with Gasteiger partial charge in [-0.25, -0.2) is 0 Å². The number of benzene rings is 1. The molecule has 0 spiro atoms. The van der Waals surface area contributed by atoms with Gasteiger partial charge >= 0.3 is 0 Å². The molecule has 2 unspecified atom stereocenters. The third-order valence-corrected chi connectivity index (χ3v) is 2.80. The predicted octanol–water partition coefficient (Wildman–Crippen LogP) is 2.68. The normalized spacial score (nSPS) is 15.3. The van der Waals surface area contributed by atoms with Crippen LogP contribution in [0.15, 0.2) is 24.3 Å². The topological polar surface area (TPSA) is 29.3 Å². The van der Waals surface area contributed by atoms with Gasteiger partial charge < -0.3 is 5.73 Å². The third-order valence-electron chi connectivity index (χ3n) is 2.57. The van der Waals surface area contributed by atoms with E-state index in [1.165, 1.54) is 5.56 Å². The predicted molar refractivity (Wildman–Crippen MR) is 66.1 cm³/mol. The molecule has 0 aliphatic rings. The number of hydrogen-bond acceptors (Lipinski definition) is 2. The molecule has 0 fully saturated rings. The molecular weight excluding hydrogens is 208 g/mol. The third kappa shape index (κ3) is 3.82. The molecule has 0 heterocycles. The van der Waals surface area contributed by atoms with Crippen LogP contribution in [0.5, 0.6) is 0 Å². The summed E-state index contributed by atoms with van der Waals surface area (Å²) >= 11 is 5.96. The van der Waals surface area contributed by atoms with E-state index in [0.29, 0.717) is 6.04 Å². The maximum Gasteiger partial charge on any atom is 0.0409 e. The molecule has 0 saturated carbocycles. The van der Waals surface area contributed by atoms with Crippen molar-refractivity contribution in [1.29, 1.82) is 0 Å². The molecule has 0 amide bonds. The summed E-state index contributed by atoms with van der Waals surface area (Å²) in [5.74, 6) is 0. The summed E-state index contributed by atoms with van der Waals surface area (Å²) in [6.07, 6.45) is 0. The number of rotatable bonds is 4. The molecule has 0 radical (unpaired) electrons. The molecule has 0 aromatic heterocycles. The zero-order valence-electron chi connectivity index (χ0n) is 9.57. The van der Waals surface area contributed by atoms with Gasteiger partial charge in [-0.3, -0.25) is 4.90 Å². The zero-order valence-corrected chi connectivity index (χ0v) is 10.3. The van der Waals surface area contributed by atoms with Gasteiger partial charge in [0.25, 0.3) is 0 Å². The molecule has 1 rings (SSSR count). The molecule has 3 heteroatoms. The first-order valence-electron chi connectivity index (χ1n) is 5.22. The fourth-order valence-electron chi connectivity index (χ4n) is 1.63. The van der Waals surface area contributed by atoms with Crippen molar-refractivity contribution < 1.29 is 0 Å². The van der Waals surface area contributed by atoms with Crippen LogP contribution in [0.1, 0.15) is 25.5 Å². The van der Waals surface area contributed by atoms with Gasteiger partial charge in [0.1, 0.15) is 0 Å². The highest BCUT2D eigenvalue weighted by atomic mass is 35.5. The molecule has 0 aliphatic carbocycles. The van der Waals surface area contributed by atoms with E-state index in [9.17, 15) is 0 Å². The fourth-order valence-corrected chi connectivity index (χ4v) is 1.83. The van der Waals surface area contributed by atoms with Crippen LogP contribution in [-0.4, -0.2) is 24.5 Å². The van der Waals surface area contributed by atoms with E-state index >= 15 is 0 Å². The van der Waals surface area contributed by atoms with Crippen molar-refractivity contribution >= 4 is 11.6 Å². The standard InChI is InChI=1S/C12H19ClN2/c1-9(14)8-15(3)10(2)11-5-4-6-12(13)7-11/h4-7,9-10H,8,14H2,1-3H3. The van der Waals surface area contributed by atoms with Crippen LogP contribution in [0.4, 0.5) is 0 Å². The molecule has 0 aliphatic heterocycles. The molecule has 2 nitrogen and oxygen atoms in total. The Morgan fingerprint density at radius 3 is 2.60 bits per heavy atom. The minimum Gasteiger partial charge on any atom is -0.327 e. The van der Waals surface area contributed by atoms with Crippen LogP contribution in [0.2, 0.25) is 5.02 Å². The van der Waals surface area contributed by atoms with Gasteiger partial charge in [0, 0.05) is 23.7 Å². The summed E-state index contributed by atoms with van der Waals surface area (Å²) in [4.78, 5) is 2.23. The van der Waals surface area contributed by atoms with E-state index in [0.717, 1.165) is 11.6 Å². The second-order valence-corrected chi connectivity index (χ2v) is 4.58. The molecule has 0 bridgehead atoms. The zero-order chi connectivity index (χ0) is 11.4. The van der Waals surface area contributed by atoms with Crippen LogP contribution in [-0.2, 0) is 0 Å². The molecule has 1 aromatic rings. The second kappa shape index (κ2) is 5.50. The van der Waals surface area contributed by atoms with Crippen LogP contribution >= 0.6 is 11.6 Å². The molecule has 15 heavy (non-hydrogen) atoms. The van der Waals surface area contributed by atoms with E-state index < -0.39 is 0 Å². The summed E-state index contributed by atoms with van der Waals surface area (Å²) in [5.41, 5.74) is 7.00. The highest BCUT2D eigenvalue weighted by Crippen LogP contribution is 2.21. The van der Waals surface area contributed by atoms with Crippen LogP contribution in [0.3, 0.4) is 0 Å². The quantitative estimate of drug-likeness (QED) is 0.856. The number of hydrogen-bond donors (Lipinski definition) is 1. The van der Waals surface area contributed by atoms with E-state index in [-0.39, 0.29) is 6.04 Å². The van der Waals surface area contributed by atoms with Gasteiger partial charge in [-0.05, 0) is 38.6 Å². The molecule has 1 aromatic carbocycles. The molecule has 2 atom stereocenters. The van der Waals surface area contributed by atoms with Crippen molar-refractivity contribution in [3.63, 3.8) is 0 Å². The van der Waals surface area contributed by atoms with E-state index in [4.69, 9.17) is 17.3 Å². The summed E-state index contributed by atoms with van der Waals surface area (Å²) in [7, 11) is 2.08. The molecule has 2 N–H and O–H groups in total. The first-order chi connectivity index (χ1) is 7.00. The van der Waals surface area contributed by atoms with Crippen molar-refractivity contribution in [1.82, 2.24) is 4.90 Å². The Hall–Kier alpha value is -0.570. The van der Waals surface area contributed by atoms with Crippen molar-refractivity contribution in [2.45, 2.75) is 25.9 Å². The van der Waals surface area contributed by atoms with Gasteiger partial charge in [-0.15, -0.1) is 0 Å². The van der Waals surface area contributed by atoms with E-state index in [1.54, 1.807) is 0 Å². The Balaban J connectivity index is 2.71. The Labute approximate surface area is 97.0 Å². The van der Waals surface area contributed by atoms with Gasteiger partial charge in [-0.2, -0.15) is 0 Å². The summed E-state index contributed by atoms with van der Waals surface area (Å²) in [6, 6.07) is 8.50. The lowest BCUT2D eigenvalue weighted by Gasteiger charge is -2.26. The Morgan fingerprint density at radius 2 is 2.07 bits per heavy atom. The fraction of sp³-hybridized carbons (Fsp3) is 0.500. The lowest BCUT2D eigenvalue weighted by atomic mass is 10.1. The monoisotopic (exact) mass is 226 g/mol. The number of nitrogens with zero attached hydrogens (tertiary/aromatic N) is 1. The smallest absolute Gasteiger partial charge is 0.0409 e. The average molecular weight is 227 g/mol. The first kappa shape index (κ1) is 12.5. The number of nitrogens with two attached hydrogens (primary N) is 1. The Bertz CT molecular complexity index is 312. The summed E-state index contributed by atoms with van der Waals surface area (Å²) in [6.45, 7) is 5.06. The maximum absolute atomic E-state index is 5.96. The van der Waals surface area contributed by atoms with Gasteiger partial charge in [-0.1, -0.05) is 23.7 Å². The lowest BCUT2D eigenvalue weighted by Crippen LogP contribution is -2.34. The molecule has 84 valence electrons. The summed E-state index contributed by atoms with van der Waals surface area (Å²) < 4.78 is 0. The van der Waals surface area contributed by atoms with Gasteiger partial charge in [0.15, 0.2) is 0 Å². The number of halogens is 1. The van der Waals surface area contributed by atoms with Crippen molar-refractivity contribution in [3.8, 4) is 0 Å². The largest absolute Gasteiger partial charge is 0.327 e.